The predicted molar refractivity (Wildman–Crippen MR) is 83.4 cm³/mol. The SMILES string of the molecule is COc1cccc(-n2nnc(C(=O)NCCCC(N)=O)c2C)c1. The van der Waals surface area contributed by atoms with Crippen LogP contribution in [0.3, 0.4) is 0 Å². The van der Waals surface area contributed by atoms with E-state index in [2.05, 4.69) is 15.6 Å². The Bertz CT molecular complexity index is 711. The summed E-state index contributed by atoms with van der Waals surface area (Å²) in [6.45, 7) is 2.12. The maximum Gasteiger partial charge on any atom is 0.273 e. The zero-order chi connectivity index (χ0) is 16.8. The molecule has 0 aliphatic carbocycles. The minimum atomic E-state index is -0.389. The van der Waals surface area contributed by atoms with E-state index in [0.717, 1.165) is 5.69 Å². The minimum Gasteiger partial charge on any atom is -0.497 e. The molecule has 3 N–H and O–H groups in total. The molecule has 8 heteroatoms. The van der Waals surface area contributed by atoms with Gasteiger partial charge in [0, 0.05) is 19.0 Å². The Kier molecular flexibility index (Phi) is 5.29. The van der Waals surface area contributed by atoms with Crippen LogP contribution in [0.5, 0.6) is 5.75 Å². The lowest BCUT2D eigenvalue weighted by molar-refractivity contribution is -0.118. The molecule has 2 rings (SSSR count). The number of nitrogens with two attached hydrogens (primary N) is 1. The molecular formula is C15H19N5O3. The minimum absolute atomic E-state index is 0.232. The molecular weight excluding hydrogens is 298 g/mol. The Labute approximate surface area is 133 Å². The molecule has 8 nitrogen and oxygen atoms in total. The van der Waals surface area contributed by atoms with Crippen molar-refractivity contribution in [2.24, 2.45) is 5.73 Å². The first kappa shape index (κ1) is 16.5. The van der Waals surface area contributed by atoms with Gasteiger partial charge in [0.25, 0.3) is 5.91 Å². The first-order chi connectivity index (χ1) is 11.0. The van der Waals surface area contributed by atoms with Crippen molar-refractivity contribution in [1.82, 2.24) is 20.3 Å². The van der Waals surface area contributed by atoms with Crippen LogP contribution >= 0.6 is 0 Å². The molecule has 1 aromatic carbocycles. The quantitative estimate of drug-likeness (QED) is 0.725. The number of ether oxygens (including phenoxy) is 1. The van der Waals surface area contributed by atoms with Gasteiger partial charge < -0.3 is 15.8 Å². The Morgan fingerprint density at radius 2 is 2.17 bits per heavy atom. The number of hydrogen-bond donors (Lipinski definition) is 2. The van der Waals surface area contributed by atoms with Gasteiger partial charge in [-0.3, -0.25) is 9.59 Å². The van der Waals surface area contributed by atoms with Gasteiger partial charge in [-0.1, -0.05) is 11.3 Å². The van der Waals surface area contributed by atoms with Crippen LogP contribution in [-0.4, -0.2) is 40.5 Å². The summed E-state index contributed by atoms with van der Waals surface area (Å²) in [5.74, 6) is -0.0321. The number of hydrogen-bond acceptors (Lipinski definition) is 5. The van der Waals surface area contributed by atoms with Crippen molar-refractivity contribution >= 4 is 11.8 Å². The highest BCUT2D eigenvalue weighted by Crippen LogP contribution is 2.18. The number of nitrogens with zero attached hydrogens (tertiary/aromatic N) is 3. The van der Waals surface area contributed by atoms with Crippen LogP contribution in [0, 0.1) is 6.92 Å². The average molecular weight is 317 g/mol. The molecule has 0 fully saturated rings. The predicted octanol–water partition coefficient (Wildman–Crippen LogP) is 0.580. The highest BCUT2D eigenvalue weighted by molar-refractivity contribution is 5.93. The van der Waals surface area contributed by atoms with Crippen LogP contribution < -0.4 is 15.8 Å². The molecule has 2 amide bonds. The van der Waals surface area contributed by atoms with E-state index in [0.29, 0.717) is 24.4 Å². The number of methoxy groups -OCH3 is 1. The van der Waals surface area contributed by atoms with Gasteiger partial charge in [0.1, 0.15) is 5.75 Å². The van der Waals surface area contributed by atoms with Crippen molar-refractivity contribution in [3.63, 3.8) is 0 Å². The first-order valence-electron chi connectivity index (χ1n) is 7.16. The summed E-state index contributed by atoms with van der Waals surface area (Å²) in [6.07, 6.45) is 0.722. The highest BCUT2D eigenvalue weighted by atomic mass is 16.5. The summed E-state index contributed by atoms with van der Waals surface area (Å²) >= 11 is 0. The first-order valence-corrected chi connectivity index (χ1v) is 7.16. The van der Waals surface area contributed by atoms with Gasteiger partial charge in [0.15, 0.2) is 5.69 Å². The third kappa shape index (κ3) is 4.06. The molecule has 23 heavy (non-hydrogen) atoms. The number of primary amides is 1. The summed E-state index contributed by atoms with van der Waals surface area (Å²) < 4.78 is 6.75. The third-order valence-corrected chi connectivity index (χ3v) is 3.29. The summed E-state index contributed by atoms with van der Waals surface area (Å²) in [4.78, 5) is 22.8. The van der Waals surface area contributed by atoms with Crippen LogP contribution in [0.1, 0.15) is 29.0 Å². The number of nitrogens with one attached hydrogen (secondary N) is 1. The molecule has 1 aromatic heterocycles. The van der Waals surface area contributed by atoms with Gasteiger partial charge in [-0.25, -0.2) is 4.68 Å². The maximum absolute atomic E-state index is 12.1. The van der Waals surface area contributed by atoms with Crippen molar-refractivity contribution in [2.45, 2.75) is 19.8 Å². The number of carbonyl (C=O) groups is 2. The normalized spacial score (nSPS) is 10.3. The van der Waals surface area contributed by atoms with E-state index in [1.807, 2.05) is 18.2 Å². The molecule has 0 atom stereocenters. The van der Waals surface area contributed by atoms with E-state index in [4.69, 9.17) is 10.5 Å². The zero-order valence-electron chi connectivity index (χ0n) is 13.1. The topological polar surface area (TPSA) is 112 Å². The van der Waals surface area contributed by atoms with Gasteiger partial charge in [0.2, 0.25) is 5.91 Å². The standard InChI is InChI=1S/C15H19N5O3/c1-10-14(15(22)17-8-4-7-13(16)21)18-19-20(10)11-5-3-6-12(9-11)23-2/h3,5-6,9H,4,7-8H2,1-2H3,(H2,16,21)(H,17,22). The van der Waals surface area contributed by atoms with Gasteiger partial charge in [0.05, 0.1) is 18.5 Å². The van der Waals surface area contributed by atoms with Gasteiger partial charge >= 0.3 is 0 Å². The highest BCUT2D eigenvalue weighted by Gasteiger charge is 2.17. The summed E-state index contributed by atoms with van der Waals surface area (Å²) in [6, 6.07) is 7.30. The van der Waals surface area contributed by atoms with Gasteiger partial charge in [-0.15, -0.1) is 5.10 Å². The number of amides is 2. The number of aromatic nitrogens is 3. The molecule has 1 heterocycles. The Balaban J connectivity index is 2.09. The van der Waals surface area contributed by atoms with Crippen molar-refractivity contribution in [3.05, 3.63) is 35.7 Å². The van der Waals surface area contributed by atoms with Crippen LogP contribution in [0.4, 0.5) is 0 Å². The molecule has 0 saturated heterocycles. The second kappa shape index (κ2) is 7.39. The maximum atomic E-state index is 12.1. The van der Waals surface area contributed by atoms with Crippen LogP contribution in [0.2, 0.25) is 0 Å². The van der Waals surface area contributed by atoms with Crippen LogP contribution in [0.15, 0.2) is 24.3 Å². The Hall–Kier alpha value is -2.90. The van der Waals surface area contributed by atoms with E-state index in [1.54, 1.807) is 24.8 Å². The molecule has 0 bridgehead atoms. The lowest BCUT2D eigenvalue weighted by Crippen LogP contribution is -2.26. The Morgan fingerprint density at radius 3 is 2.87 bits per heavy atom. The van der Waals surface area contributed by atoms with Crippen LogP contribution in [-0.2, 0) is 4.79 Å². The lowest BCUT2D eigenvalue weighted by atomic mass is 10.2. The fourth-order valence-corrected chi connectivity index (χ4v) is 2.07. The monoisotopic (exact) mass is 317 g/mol. The molecule has 0 unspecified atom stereocenters. The van der Waals surface area contributed by atoms with E-state index in [-0.39, 0.29) is 23.9 Å². The van der Waals surface area contributed by atoms with E-state index < -0.39 is 0 Å². The number of benzene rings is 1. The van der Waals surface area contributed by atoms with E-state index in [9.17, 15) is 9.59 Å². The summed E-state index contributed by atoms with van der Waals surface area (Å²) in [5.41, 5.74) is 6.66. The second-order valence-electron chi connectivity index (χ2n) is 4.96. The van der Waals surface area contributed by atoms with Crippen molar-refractivity contribution in [1.29, 1.82) is 0 Å². The molecule has 2 aromatic rings. The third-order valence-electron chi connectivity index (χ3n) is 3.29. The number of rotatable bonds is 7. The molecule has 0 radical (unpaired) electrons. The van der Waals surface area contributed by atoms with E-state index in [1.165, 1.54) is 0 Å². The second-order valence-corrected chi connectivity index (χ2v) is 4.96. The number of carbonyl (C=O) groups excluding carboxylic acids is 2. The molecule has 122 valence electrons. The van der Waals surface area contributed by atoms with Crippen molar-refractivity contribution in [3.8, 4) is 11.4 Å². The van der Waals surface area contributed by atoms with Crippen molar-refractivity contribution in [2.75, 3.05) is 13.7 Å². The van der Waals surface area contributed by atoms with Gasteiger partial charge in [-0.2, -0.15) is 0 Å². The average Bonchev–Trinajstić information content (AvgIpc) is 2.93. The molecule has 0 saturated carbocycles. The zero-order valence-corrected chi connectivity index (χ0v) is 13.1. The fourth-order valence-electron chi connectivity index (χ4n) is 2.07. The lowest BCUT2D eigenvalue weighted by Gasteiger charge is -2.06. The van der Waals surface area contributed by atoms with Crippen molar-refractivity contribution < 1.29 is 14.3 Å². The van der Waals surface area contributed by atoms with Gasteiger partial charge in [-0.05, 0) is 25.5 Å². The molecule has 0 aliphatic rings. The molecule has 0 aliphatic heterocycles. The fraction of sp³-hybridized carbons (Fsp3) is 0.333. The van der Waals surface area contributed by atoms with Crippen LogP contribution in [0.25, 0.3) is 5.69 Å². The summed E-state index contributed by atoms with van der Waals surface area (Å²) in [7, 11) is 1.58. The Morgan fingerprint density at radius 1 is 1.39 bits per heavy atom. The largest absolute Gasteiger partial charge is 0.497 e. The van der Waals surface area contributed by atoms with E-state index >= 15 is 0 Å². The summed E-state index contributed by atoms with van der Waals surface area (Å²) in [5, 5.41) is 10.6. The smallest absolute Gasteiger partial charge is 0.273 e. The molecule has 0 spiro atoms.